The molecule has 0 spiro atoms. The summed E-state index contributed by atoms with van der Waals surface area (Å²) in [4.78, 5) is 0. The van der Waals surface area contributed by atoms with Crippen molar-refractivity contribution in [3.05, 3.63) is 27.7 Å². The molecule has 0 atom stereocenters. The molecule has 0 amide bonds. The summed E-state index contributed by atoms with van der Waals surface area (Å²) < 4.78 is 0. The van der Waals surface area contributed by atoms with Crippen LogP contribution in [0.3, 0.4) is 0 Å². The second-order valence-corrected chi connectivity index (χ2v) is 3.59. The largest absolute Gasteiger partial charge is 0.506 e. The Morgan fingerprint density at radius 3 is 2.69 bits per heavy atom. The maximum absolute atomic E-state index is 9.53. The molecule has 1 aromatic rings. The zero-order valence-corrected chi connectivity index (χ0v) is 8.78. The fourth-order valence-corrected chi connectivity index (χ4v) is 1.61. The van der Waals surface area contributed by atoms with Crippen molar-refractivity contribution in [1.29, 1.82) is 0 Å². The van der Waals surface area contributed by atoms with Crippen LogP contribution in [0.2, 0.25) is 10.0 Å². The lowest BCUT2D eigenvalue weighted by Gasteiger charge is -2.06. The predicted molar refractivity (Wildman–Crippen MR) is 55.8 cm³/mol. The molecule has 0 heterocycles. The summed E-state index contributed by atoms with van der Waals surface area (Å²) in [6.07, 6.45) is 0.711. The number of phenols is 1. The molecule has 72 valence electrons. The predicted octanol–water partition coefficient (Wildman–Crippen LogP) is 2.46. The molecule has 0 bridgehead atoms. The van der Waals surface area contributed by atoms with E-state index in [1.165, 1.54) is 6.07 Å². The van der Waals surface area contributed by atoms with Gasteiger partial charge in [0.05, 0.1) is 5.02 Å². The van der Waals surface area contributed by atoms with E-state index in [2.05, 4.69) is 5.32 Å². The van der Waals surface area contributed by atoms with Gasteiger partial charge in [-0.1, -0.05) is 23.2 Å². The van der Waals surface area contributed by atoms with Crippen LogP contribution in [0.15, 0.2) is 12.1 Å². The van der Waals surface area contributed by atoms with Crippen LogP contribution in [0.25, 0.3) is 0 Å². The van der Waals surface area contributed by atoms with Crippen LogP contribution < -0.4 is 5.32 Å². The molecule has 0 radical (unpaired) electrons. The number of rotatable bonds is 3. The number of phenolic OH excluding ortho intramolecular Hbond substituents is 1. The standard InChI is InChI=1S/C9H11Cl2NO/c1-12-3-2-6-4-7(10)5-8(11)9(6)13/h4-5,12-13H,2-3H2,1H3. The highest BCUT2D eigenvalue weighted by atomic mass is 35.5. The van der Waals surface area contributed by atoms with Crippen LogP contribution in [0.1, 0.15) is 5.56 Å². The normalized spacial score (nSPS) is 10.4. The highest BCUT2D eigenvalue weighted by Crippen LogP contribution is 2.31. The van der Waals surface area contributed by atoms with Gasteiger partial charge in [0.1, 0.15) is 5.75 Å². The van der Waals surface area contributed by atoms with Crippen molar-refractivity contribution in [2.24, 2.45) is 0 Å². The summed E-state index contributed by atoms with van der Waals surface area (Å²) in [6.45, 7) is 0.782. The molecule has 2 nitrogen and oxygen atoms in total. The first-order chi connectivity index (χ1) is 6.15. The van der Waals surface area contributed by atoms with Gasteiger partial charge in [0.25, 0.3) is 0 Å². The number of hydrogen-bond acceptors (Lipinski definition) is 2. The van der Waals surface area contributed by atoms with E-state index in [1.807, 2.05) is 7.05 Å². The first-order valence-corrected chi connectivity index (χ1v) is 4.72. The molecule has 0 aliphatic carbocycles. The van der Waals surface area contributed by atoms with Crippen molar-refractivity contribution in [2.45, 2.75) is 6.42 Å². The third-order valence-corrected chi connectivity index (χ3v) is 2.26. The molecule has 13 heavy (non-hydrogen) atoms. The van der Waals surface area contributed by atoms with Crippen LogP contribution in [0.5, 0.6) is 5.75 Å². The summed E-state index contributed by atoms with van der Waals surface area (Å²) in [5, 5.41) is 13.4. The Morgan fingerprint density at radius 1 is 1.38 bits per heavy atom. The average molecular weight is 220 g/mol. The van der Waals surface area contributed by atoms with Crippen molar-refractivity contribution in [3.63, 3.8) is 0 Å². The molecule has 0 aliphatic rings. The minimum atomic E-state index is 0.126. The third kappa shape index (κ3) is 2.76. The van der Waals surface area contributed by atoms with Gasteiger partial charge >= 0.3 is 0 Å². The van der Waals surface area contributed by atoms with Gasteiger partial charge in [0.2, 0.25) is 0 Å². The summed E-state index contributed by atoms with van der Waals surface area (Å²) in [7, 11) is 1.85. The SMILES string of the molecule is CNCCc1cc(Cl)cc(Cl)c1O. The monoisotopic (exact) mass is 219 g/mol. The van der Waals surface area contributed by atoms with Crippen LogP contribution in [-0.2, 0) is 6.42 Å². The van der Waals surface area contributed by atoms with Crippen LogP contribution >= 0.6 is 23.2 Å². The molecule has 0 aliphatic heterocycles. The third-order valence-electron chi connectivity index (χ3n) is 1.75. The summed E-state index contributed by atoms with van der Waals surface area (Å²) in [5.41, 5.74) is 0.770. The van der Waals surface area contributed by atoms with Gasteiger partial charge in [0.15, 0.2) is 0 Å². The number of benzene rings is 1. The molecule has 0 unspecified atom stereocenters. The number of hydrogen-bond donors (Lipinski definition) is 2. The Labute approximate surface area is 87.5 Å². The Morgan fingerprint density at radius 2 is 2.08 bits per heavy atom. The maximum atomic E-state index is 9.53. The smallest absolute Gasteiger partial charge is 0.137 e. The van der Waals surface area contributed by atoms with Gasteiger partial charge < -0.3 is 10.4 Å². The molecule has 0 saturated carbocycles. The Bertz CT molecular complexity index is 302. The number of halogens is 2. The Kier molecular flexibility index (Phi) is 3.85. The van der Waals surface area contributed by atoms with E-state index in [0.29, 0.717) is 16.5 Å². The van der Waals surface area contributed by atoms with Crippen LogP contribution in [0.4, 0.5) is 0 Å². The van der Waals surface area contributed by atoms with Gasteiger partial charge in [-0.15, -0.1) is 0 Å². The summed E-state index contributed by atoms with van der Waals surface area (Å²) in [5.74, 6) is 0.126. The molecule has 1 aromatic carbocycles. The van der Waals surface area contributed by atoms with Gasteiger partial charge in [0, 0.05) is 5.02 Å². The lowest BCUT2D eigenvalue weighted by molar-refractivity contribution is 0.468. The minimum absolute atomic E-state index is 0.126. The van der Waals surface area contributed by atoms with E-state index in [9.17, 15) is 5.11 Å². The lowest BCUT2D eigenvalue weighted by Crippen LogP contribution is -2.10. The molecule has 2 N–H and O–H groups in total. The first-order valence-electron chi connectivity index (χ1n) is 3.96. The van der Waals surface area contributed by atoms with E-state index in [4.69, 9.17) is 23.2 Å². The van der Waals surface area contributed by atoms with E-state index in [0.717, 1.165) is 12.1 Å². The molecular formula is C9H11Cl2NO. The summed E-state index contributed by atoms with van der Waals surface area (Å²) in [6, 6.07) is 3.25. The molecule has 0 saturated heterocycles. The molecule has 0 aromatic heterocycles. The fourth-order valence-electron chi connectivity index (χ4n) is 1.07. The van der Waals surface area contributed by atoms with E-state index in [1.54, 1.807) is 6.07 Å². The van der Waals surface area contributed by atoms with Crippen molar-refractivity contribution in [1.82, 2.24) is 5.32 Å². The quantitative estimate of drug-likeness (QED) is 0.819. The van der Waals surface area contributed by atoms with E-state index in [-0.39, 0.29) is 5.75 Å². The van der Waals surface area contributed by atoms with Crippen molar-refractivity contribution in [2.75, 3.05) is 13.6 Å². The van der Waals surface area contributed by atoms with E-state index < -0.39 is 0 Å². The fraction of sp³-hybridized carbons (Fsp3) is 0.333. The summed E-state index contributed by atoms with van der Waals surface area (Å²) >= 11 is 11.5. The molecule has 4 heteroatoms. The Balaban J connectivity index is 2.92. The molecular weight excluding hydrogens is 209 g/mol. The van der Waals surface area contributed by atoms with Gasteiger partial charge in [-0.05, 0) is 37.7 Å². The first kappa shape index (κ1) is 10.6. The topological polar surface area (TPSA) is 32.3 Å². The molecule has 0 fully saturated rings. The zero-order chi connectivity index (χ0) is 9.84. The highest BCUT2D eigenvalue weighted by molar-refractivity contribution is 6.35. The lowest BCUT2D eigenvalue weighted by atomic mass is 10.1. The van der Waals surface area contributed by atoms with Crippen LogP contribution in [-0.4, -0.2) is 18.7 Å². The maximum Gasteiger partial charge on any atom is 0.137 e. The second-order valence-electron chi connectivity index (χ2n) is 2.75. The van der Waals surface area contributed by atoms with Crippen molar-refractivity contribution in [3.8, 4) is 5.75 Å². The number of aromatic hydroxyl groups is 1. The number of likely N-dealkylation sites (N-methyl/N-ethyl adjacent to an activating group) is 1. The van der Waals surface area contributed by atoms with E-state index >= 15 is 0 Å². The van der Waals surface area contributed by atoms with Crippen LogP contribution in [0, 0.1) is 0 Å². The molecule has 1 rings (SSSR count). The zero-order valence-electron chi connectivity index (χ0n) is 7.27. The van der Waals surface area contributed by atoms with Gasteiger partial charge in [-0.25, -0.2) is 0 Å². The van der Waals surface area contributed by atoms with Gasteiger partial charge in [-0.2, -0.15) is 0 Å². The number of nitrogens with one attached hydrogen (secondary N) is 1. The van der Waals surface area contributed by atoms with Crippen molar-refractivity contribution < 1.29 is 5.11 Å². The second kappa shape index (κ2) is 4.70. The van der Waals surface area contributed by atoms with Crippen molar-refractivity contribution >= 4 is 23.2 Å². The highest BCUT2D eigenvalue weighted by Gasteiger charge is 2.06. The van der Waals surface area contributed by atoms with Gasteiger partial charge in [-0.3, -0.25) is 0 Å². The Hall–Kier alpha value is -0.440. The minimum Gasteiger partial charge on any atom is -0.506 e. The average Bonchev–Trinajstić information content (AvgIpc) is 2.09.